The van der Waals surface area contributed by atoms with Crippen molar-refractivity contribution in [3.05, 3.63) is 53.6 Å². The zero-order valence-electron chi connectivity index (χ0n) is 16.1. The van der Waals surface area contributed by atoms with Crippen LogP contribution in [-0.2, 0) is 11.3 Å². The van der Waals surface area contributed by atoms with E-state index in [0.29, 0.717) is 5.16 Å². The number of benzene rings is 2. The van der Waals surface area contributed by atoms with Crippen LogP contribution in [0.25, 0.3) is 22.1 Å². The van der Waals surface area contributed by atoms with Crippen LogP contribution < -0.4 is 5.32 Å². The van der Waals surface area contributed by atoms with E-state index < -0.39 is 0 Å². The molecule has 0 saturated heterocycles. The minimum atomic E-state index is -0.0882. The summed E-state index contributed by atoms with van der Waals surface area (Å²) in [5.74, 6) is 0.140. The van der Waals surface area contributed by atoms with Crippen LogP contribution >= 0.6 is 11.8 Å². The van der Waals surface area contributed by atoms with Gasteiger partial charge in [-0.15, -0.1) is 10.2 Å². The summed E-state index contributed by atoms with van der Waals surface area (Å²) < 4.78 is 2.12. The standard InChI is InChI=1S/C21H21N5OS/c1-4-26-17-8-6-5-7-16(17)19-20(26)23-21(25-24-19)28-12-18(27)22-15-10-13(2)9-14(3)11-15/h5-11H,4,12H2,1-3H3,(H,22,27). The van der Waals surface area contributed by atoms with Crippen LogP contribution in [0.3, 0.4) is 0 Å². The predicted molar refractivity (Wildman–Crippen MR) is 114 cm³/mol. The number of aromatic nitrogens is 4. The fourth-order valence-electron chi connectivity index (χ4n) is 3.44. The fraction of sp³-hybridized carbons (Fsp3) is 0.238. The fourth-order valence-corrected chi connectivity index (χ4v) is 4.03. The third kappa shape index (κ3) is 3.57. The number of amides is 1. The first-order chi connectivity index (χ1) is 13.5. The molecule has 0 aliphatic carbocycles. The van der Waals surface area contributed by atoms with E-state index >= 15 is 0 Å². The first kappa shape index (κ1) is 18.4. The molecule has 0 saturated carbocycles. The lowest BCUT2D eigenvalue weighted by atomic mass is 10.1. The number of carbonyl (C=O) groups excluding carboxylic acids is 1. The maximum Gasteiger partial charge on any atom is 0.234 e. The molecule has 0 aliphatic heterocycles. The molecule has 0 unspecified atom stereocenters. The number of aryl methyl sites for hydroxylation is 3. The summed E-state index contributed by atoms with van der Waals surface area (Å²) in [5.41, 5.74) is 5.74. The van der Waals surface area contributed by atoms with Gasteiger partial charge in [0.15, 0.2) is 5.65 Å². The van der Waals surface area contributed by atoms with Gasteiger partial charge in [0.2, 0.25) is 11.1 Å². The number of nitrogens with zero attached hydrogens (tertiary/aromatic N) is 4. The second-order valence-electron chi connectivity index (χ2n) is 6.74. The maximum absolute atomic E-state index is 12.3. The Morgan fingerprint density at radius 2 is 1.86 bits per heavy atom. The van der Waals surface area contributed by atoms with Crippen molar-refractivity contribution in [3.8, 4) is 0 Å². The van der Waals surface area contributed by atoms with Crippen molar-refractivity contribution in [2.45, 2.75) is 32.5 Å². The Balaban J connectivity index is 1.53. The van der Waals surface area contributed by atoms with Crippen LogP contribution in [0.2, 0.25) is 0 Å². The maximum atomic E-state index is 12.3. The van der Waals surface area contributed by atoms with Gasteiger partial charge in [0.05, 0.1) is 11.3 Å². The Morgan fingerprint density at radius 1 is 1.11 bits per heavy atom. The molecule has 0 bridgehead atoms. The zero-order valence-corrected chi connectivity index (χ0v) is 16.9. The molecule has 2 heterocycles. The molecule has 0 spiro atoms. The summed E-state index contributed by atoms with van der Waals surface area (Å²) in [6, 6.07) is 14.1. The topological polar surface area (TPSA) is 72.7 Å². The minimum Gasteiger partial charge on any atom is -0.325 e. The normalized spacial score (nSPS) is 11.2. The van der Waals surface area contributed by atoms with Gasteiger partial charge in [0.25, 0.3) is 0 Å². The molecular weight excluding hydrogens is 370 g/mol. The highest BCUT2D eigenvalue weighted by Crippen LogP contribution is 2.27. The van der Waals surface area contributed by atoms with Gasteiger partial charge in [-0.3, -0.25) is 4.79 Å². The SMILES string of the molecule is CCn1c2ccccc2c2nnc(SCC(=O)Nc3cc(C)cc(C)c3)nc21. The number of rotatable bonds is 5. The van der Waals surface area contributed by atoms with Crippen molar-refractivity contribution in [3.63, 3.8) is 0 Å². The van der Waals surface area contributed by atoms with Crippen LogP contribution in [0.5, 0.6) is 0 Å². The number of para-hydroxylation sites is 1. The van der Waals surface area contributed by atoms with Crippen molar-refractivity contribution in [2.75, 3.05) is 11.1 Å². The highest BCUT2D eigenvalue weighted by Gasteiger charge is 2.14. The average Bonchev–Trinajstić information content (AvgIpc) is 2.98. The monoisotopic (exact) mass is 391 g/mol. The van der Waals surface area contributed by atoms with Gasteiger partial charge in [-0.1, -0.05) is 36.0 Å². The smallest absolute Gasteiger partial charge is 0.234 e. The molecule has 6 nitrogen and oxygen atoms in total. The van der Waals surface area contributed by atoms with E-state index in [-0.39, 0.29) is 11.7 Å². The first-order valence-electron chi connectivity index (χ1n) is 9.17. The summed E-state index contributed by atoms with van der Waals surface area (Å²) in [6.45, 7) is 6.90. The molecule has 0 aliphatic rings. The average molecular weight is 392 g/mol. The molecule has 28 heavy (non-hydrogen) atoms. The van der Waals surface area contributed by atoms with Gasteiger partial charge >= 0.3 is 0 Å². The highest BCUT2D eigenvalue weighted by molar-refractivity contribution is 7.99. The molecule has 1 N–H and O–H groups in total. The van der Waals surface area contributed by atoms with Crippen molar-refractivity contribution >= 4 is 45.4 Å². The number of hydrogen-bond acceptors (Lipinski definition) is 5. The number of anilines is 1. The van der Waals surface area contributed by atoms with Crippen molar-refractivity contribution in [2.24, 2.45) is 0 Å². The molecule has 0 radical (unpaired) electrons. The number of carbonyl (C=O) groups is 1. The van der Waals surface area contributed by atoms with E-state index in [2.05, 4.69) is 44.1 Å². The van der Waals surface area contributed by atoms with Crippen LogP contribution in [0, 0.1) is 13.8 Å². The number of nitrogens with one attached hydrogen (secondary N) is 1. The Bertz CT molecular complexity index is 1160. The van der Waals surface area contributed by atoms with Crippen LogP contribution in [0.4, 0.5) is 5.69 Å². The van der Waals surface area contributed by atoms with Crippen LogP contribution in [0.15, 0.2) is 47.6 Å². The minimum absolute atomic E-state index is 0.0882. The third-order valence-corrected chi connectivity index (χ3v) is 5.35. The Labute approximate surface area is 167 Å². The summed E-state index contributed by atoms with van der Waals surface area (Å²) in [5, 5.41) is 13.1. The Kier molecular flexibility index (Phi) is 5.00. The molecule has 4 aromatic rings. The van der Waals surface area contributed by atoms with Gasteiger partial charge in [0, 0.05) is 17.6 Å². The summed E-state index contributed by atoms with van der Waals surface area (Å²) >= 11 is 1.29. The third-order valence-electron chi connectivity index (χ3n) is 4.51. The second kappa shape index (κ2) is 7.59. The van der Waals surface area contributed by atoms with Crippen LogP contribution in [0.1, 0.15) is 18.1 Å². The van der Waals surface area contributed by atoms with Crippen molar-refractivity contribution in [1.82, 2.24) is 19.7 Å². The summed E-state index contributed by atoms with van der Waals surface area (Å²) in [7, 11) is 0. The van der Waals surface area contributed by atoms with Gasteiger partial charge < -0.3 is 9.88 Å². The molecule has 142 valence electrons. The van der Waals surface area contributed by atoms with E-state index in [9.17, 15) is 4.79 Å². The predicted octanol–water partition coefficient (Wildman–Crippen LogP) is 4.35. The van der Waals surface area contributed by atoms with Crippen LogP contribution in [-0.4, -0.2) is 31.4 Å². The van der Waals surface area contributed by atoms with E-state index in [1.807, 2.05) is 44.2 Å². The summed E-state index contributed by atoms with van der Waals surface area (Å²) in [4.78, 5) is 17.0. The molecule has 0 fully saturated rings. The molecule has 7 heteroatoms. The summed E-state index contributed by atoms with van der Waals surface area (Å²) in [6.07, 6.45) is 0. The van der Waals surface area contributed by atoms with E-state index in [1.54, 1.807) is 0 Å². The number of fused-ring (bicyclic) bond motifs is 3. The Hall–Kier alpha value is -2.93. The molecule has 4 rings (SSSR count). The van der Waals surface area contributed by atoms with Gasteiger partial charge in [-0.05, 0) is 50.1 Å². The quantitative estimate of drug-likeness (QED) is 0.512. The lowest BCUT2D eigenvalue weighted by molar-refractivity contribution is -0.113. The largest absolute Gasteiger partial charge is 0.325 e. The zero-order chi connectivity index (χ0) is 19.7. The van der Waals surface area contributed by atoms with E-state index in [4.69, 9.17) is 0 Å². The van der Waals surface area contributed by atoms with E-state index in [0.717, 1.165) is 45.4 Å². The van der Waals surface area contributed by atoms with Crippen molar-refractivity contribution in [1.29, 1.82) is 0 Å². The second-order valence-corrected chi connectivity index (χ2v) is 7.68. The molecule has 1 amide bonds. The van der Waals surface area contributed by atoms with Gasteiger partial charge in [-0.2, -0.15) is 0 Å². The molecule has 0 atom stereocenters. The lowest BCUT2D eigenvalue weighted by Gasteiger charge is -2.07. The van der Waals surface area contributed by atoms with Gasteiger partial charge in [0.1, 0.15) is 5.52 Å². The highest BCUT2D eigenvalue weighted by atomic mass is 32.2. The Morgan fingerprint density at radius 3 is 2.61 bits per heavy atom. The molecule has 2 aromatic heterocycles. The lowest BCUT2D eigenvalue weighted by Crippen LogP contribution is -2.14. The number of thioether (sulfide) groups is 1. The van der Waals surface area contributed by atoms with E-state index in [1.165, 1.54) is 11.8 Å². The molecule has 2 aromatic carbocycles. The van der Waals surface area contributed by atoms with Gasteiger partial charge in [-0.25, -0.2) is 4.98 Å². The molecular formula is C21H21N5OS. The van der Waals surface area contributed by atoms with Crippen molar-refractivity contribution < 1.29 is 4.79 Å². The first-order valence-corrected chi connectivity index (χ1v) is 10.2. The number of hydrogen-bond donors (Lipinski definition) is 1.